The molecule has 2 unspecified atom stereocenters. The van der Waals surface area contributed by atoms with Crippen LogP contribution < -0.4 is 0 Å². The lowest BCUT2D eigenvalue weighted by Crippen LogP contribution is -2.06. The third-order valence-corrected chi connectivity index (χ3v) is 4.45. The minimum absolute atomic E-state index is 0.288. The van der Waals surface area contributed by atoms with E-state index in [9.17, 15) is 0 Å². The lowest BCUT2D eigenvalue weighted by atomic mass is 9.92. The molecular formula is C19H22N2O. The number of hydrogen-bond donors (Lipinski definition) is 0. The van der Waals surface area contributed by atoms with E-state index >= 15 is 0 Å². The Bertz CT molecular complexity index is 757. The zero-order valence-corrected chi connectivity index (χ0v) is 13.4. The summed E-state index contributed by atoms with van der Waals surface area (Å²) in [6.45, 7) is 6.62. The van der Waals surface area contributed by atoms with Crippen LogP contribution in [0.2, 0.25) is 0 Å². The maximum absolute atomic E-state index is 5.98. The lowest BCUT2D eigenvalue weighted by Gasteiger charge is -2.14. The van der Waals surface area contributed by atoms with Gasteiger partial charge in [-0.25, -0.2) is 0 Å². The first kappa shape index (κ1) is 14.8. The van der Waals surface area contributed by atoms with Crippen molar-refractivity contribution in [3.05, 3.63) is 48.4 Å². The van der Waals surface area contributed by atoms with Crippen LogP contribution in [-0.2, 0) is 0 Å². The van der Waals surface area contributed by atoms with E-state index in [0.717, 1.165) is 16.8 Å². The Morgan fingerprint density at radius 2 is 1.77 bits per heavy atom. The number of fused-ring (bicyclic) bond motifs is 1. The average Bonchev–Trinajstić information content (AvgIpc) is 3.03. The first-order valence-corrected chi connectivity index (χ1v) is 8.02. The van der Waals surface area contributed by atoms with Crippen LogP contribution in [0.1, 0.15) is 45.4 Å². The van der Waals surface area contributed by atoms with Gasteiger partial charge in [0.2, 0.25) is 11.8 Å². The summed E-state index contributed by atoms with van der Waals surface area (Å²) in [7, 11) is 0. The van der Waals surface area contributed by atoms with Crippen LogP contribution in [0.3, 0.4) is 0 Å². The van der Waals surface area contributed by atoms with Crippen molar-refractivity contribution in [2.75, 3.05) is 0 Å². The van der Waals surface area contributed by atoms with Gasteiger partial charge in [-0.2, -0.15) is 0 Å². The Hall–Kier alpha value is -2.16. The SMILES string of the molecule is CCCC(C)C(C)c1nnc(-c2cccc3ccccc23)o1. The first-order chi connectivity index (χ1) is 10.7. The summed E-state index contributed by atoms with van der Waals surface area (Å²) in [6.07, 6.45) is 2.35. The summed E-state index contributed by atoms with van der Waals surface area (Å²) >= 11 is 0. The summed E-state index contributed by atoms with van der Waals surface area (Å²) < 4.78 is 5.98. The third kappa shape index (κ3) is 2.76. The Morgan fingerprint density at radius 1 is 1.00 bits per heavy atom. The molecule has 0 aliphatic heterocycles. The monoisotopic (exact) mass is 294 g/mol. The lowest BCUT2D eigenvalue weighted by molar-refractivity contribution is 0.369. The molecule has 0 bridgehead atoms. The highest BCUT2D eigenvalue weighted by Crippen LogP contribution is 2.31. The van der Waals surface area contributed by atoms with Crippen LogP contribution >= 0.6 is 0 Å². The number of benzene rings is 2. The summed E-state index contributed by atoms with van der Waals surface area (Å²) in [5, 5.41) is 10.9. The molecule has 3 nitrogen and oxygen atoms in total. The van der Waals surface area contributed by atoms with E-state index in [4.69, 9.17) is 4.42 Å². The molecule has 0 fully saturated rings. The molecule has 3 aromatic rings. The highest BCUT2D eigenvalue weighted by atomic mass is 16.4. The second kappa shape index (κ2) is 6.30. The van der Waals surface area contributed by atoms with Gasteiger partial charge in [0.1, 0.15) is 0 Å². The van der Waals surface area contributed by atoms with Gasteiger partial charge < -0.3 is 4.42 Å². The highest BCUT2D eigenvalue weighted by molar-refractivity contribution is 5.94. The van der Waals surface area contributed by atoms with Gasteiger partial charge in [0.15, 0.2) is 0 Å². The van der Waals surface area contributed by atoms with Crippen LogP contribution in [0.15, 0.2) is 46.9 Å². The Kier molecular flexibility index (Phi) is 4.23. The van der Waals surface area contributed by atoms with E-state index in [0.29, 0.717) is 11.8 Å². The third-order valence-electron chi connectivity index (χ3n) is 4.45. The van der Waals surface area contributed by atoms with Crippen molar-refractivity contribution in [2.24, 2.45) is 5.92 Å². The molecule has 1 aromatic heterocycles. The standard InChI is InChI=1S/C19H22N2O/c1-4-8-13(2)14(3)18-20-21-19(22-18)17-12-7-10-15-9-5-6-11-16(15)17/h5-7,9-14H,4,8H2,1-3H3. The molecule has 0 radical (unpaired) electrons. The quantitative estimate of drug-likeness (QED) is 0.630. The fourth-order valence-corrected chi connectivity index (χ4v) is 2.89. The van der Waals surface area contributed by atoms with E-state index in [1.807, 2.05) is 24.3 Å². The molecule has 0 N–H and O–H groups in total. The minimum Gasteiger partial charge on any atom is -0.420 e. The Labute approximate surface area is 131 Å². The van der Waals surface area contributed by atoms with Gasteiger partial charge in [-0.05, 0) is 22.8 Å². The summed E-state index contributed by atoms with van der Waals surface area (Å²) in [4.78, 5) is 0. The van der Waals surface area contributed by atoms with Gasteiger partial charge in [0.25, 0.3) is 0 Å². The maximum Gasteiger partial charge on any atom is 0.248 e. The molecular weight excluding hydrogens is 272 g/mol. The van der Waals surface area contributed by atoms with Crippen LogP contribution in [0.5, 0.6) is 0 Å². The summed E-state index contributed by atoms with van der Waals surface area (Å²) in [5.74, 6) is 2.19. The van der Waals surface area contributed by atoms with Crippen LogP contribution in [0.4, 0.5) is 0 Å². The molecule has 1 heterocycles. The van der Waals surface area contributed by atoms with Crippen molar-refractivity contribution >= 4 is 10.8 Å². The van der Waals surface area contributed by atoms with Gasteiger partial charge in [-0.1, -0.05) is 70.0 Å². The molecule has 0 aliphatic carbocycles. The second-order valence-corrected chi connectivity index (χ2v) is 6.03. The van der Waals surface area contributed by atoms with Gasteiger partial charge >= 0.3 is 0 Å². The Balaban J connectivity index is 1.96. The van der Waals surface area contributed by atoms with E-state index in [1.54, 1.807) is 0 Å². The minimum atomic E-state index is 0.288. The van der Waals surface area contributed by atoms with E-state index in [2.05, 4.69) is 49.2 Å². The molecule has 2 aromatic carbocycles. The van der Waals surface area contributed by atoms with Crippen LogP contribution in [-0.4, -0.2) is 10.2 Å². The molecule has 114 valence electrons. The van der Waals surface area contributed by atoms with E-state index < -0.39 is 0 Å². The molecule has 2 atom stereocenters. The Morgan fingerprint density at radius 3 is 2.59 bits per heavy atom. The molecule has 22 heavy (non-hydrogen) atoms. The average molecular weight is 294 g/mol. The van der Waals surface area contributed by atoms with Crippen molar-refractivity contribution in [3.63, 3.8) is 0 Å². The fourth-order valence-electron chi connectivity index (χ4n) is 2.89. The molecule has 0 spiro atoms. The zero-order valence-electron chi connectivity index (χ0n) is 13.4. The number of rotatable bonds is 5. The topological polar surface area (TPSA) is 38.9 Å². The molecule has 3 heteroatoms. The molecule has 0 saturated carbocycles. The molecule has 0 amide bonds. The first-order valence-electron chi connectivity index (χ1n) is 8.02. The van der Waals surface area contributed by atoms with Crippen molar-refractivity contribution in [1.82, 2.24) is 10.2 Å². The number of aromatic nitrogens is 2. The van der Waals surface area contributed by atoms with Crippen molar-refractivity contribution in [2.45, 2.75) is 39.5 Å². The van der Waals surface area contributed by atoms with Crippen molar-refractivity contribution in [3.8, 4) is 11.5 Å². The second-order valence-electron chi connectivity index (χ2n) is 6.03. The molecule has 0 aliphatic rings. The number of hydrogen-bond acceptors (Lipinski definition) is 3. The van der Waals surface area contributed by atoms with Crippen molar-refractivity contribution in [1.29, 1.82) is 0 Å². The predicted octanol–water partition coefficient (Wildman–Crippen LogP) is 5.43. The van der Waals surface area contributed by atoms with Crippen LogP contribution in [0.25, 0.3) is 22.2 Å². The van der Waals surface area contributed by atoms with Crippen molar-refractivity contribution < 1.29 is 4.42 Å². The highest BCUT2D eigenvalue weighted by Gasteiger charge is 2.20. The smallest absolute Gasteiger partial charge is 0.248 e. The number of nitrogens with zero attached hydrogens (tertiary/aromatic N) is 2. The van der Waals surface area contributed by atoms with Gasteiger partial charge in [-0.15, -0.1) is 10.2 Å². The molecule has 0 saturated heterocycles. The fraction of sp³-hybridized carbons (Fsp3) is 0.368. The zero-order chi connectivity index (χ0) is 15.5. The summed E-state index contributed by atoms with van der Waals surface area (Å²) in [6, 6.07) is 14.4. The largest absolute Gasteiger partial charge is 0.420 e. The van der Waals surface area contributed by atoms with E-state index in [-0.39, 0.29) is 5.92 Å². The van der Waals surface area contributed by atoms with E-state index in [1.165, 1.54) is 18.2 Å². The predicted molar refractivity (Wildman–Crippen MR) is 89.7 cm³/mol. The van der Waals surface area contributed by atoms with Gasteiger partial charge in [-0.3, -0.25) is 0 Å². The summed E-state index contributed by atoms with van der Waals surface area (Å²) in [5.41, 5.74) is 1.01. The van der Waals surface area contributed by atoms with Gasteiger partial charge in [0.05, 0.1) is 0 Å². The molecule has 3 rings (SSSR count). The van der Waals surface area contributed by atoms with Crippen LogP contribution in [0, 0.1) is 5.92 Å². The normalized spacial score (nSPS) is 14.1. The maximum atomic E-state index is 5.98. The van der Waals surface area contributed by atoms with Gasteiger partial charge in [0, 0.05) is 11.5 Å².